The van der Waals surface area contributed by atoms with Gasteiger partial charge in [-0.3, -0.25) is 4.90 Å². The first-order valence-electron chi connectivity index (χ1n) is 9.34. The van der Waals surface area contributed by atoms with Gasteiger partial charge in [-0.1, -0.05) is 5.57 Å². The second-order valence-corrected chi connectivity index (χ2v) is 8.19. The Bertz CT molecular complexity index is 466. The second-order valence-electron chi connectivity index (χ2n) is 7.58. The van der Waals surface area contributed by atoms with Crippen LogP contribution in [0.1, 0.15) is 57.8 Å². The molecule has 3 aliphatic carbocycles. The standard InChI is InChI=1S/C19H29ClN2/c20-17-5-7-18(8-6-17)21-9-11-22(12-10-21)19-13-15-3-1-2-4-16(15)14-19/h13,17-18H,1-12,14H2. The molecule has 0 unspecified atom stereocenters. The highest BCUT2D eigenvalue weighted by Gasteiger charge is 2.29. The predicted octanol–water partition coefficient (Wildman–Crippen LogP) is 4.31. The van der Waals surface area contributed by atoms with Crippen molar-refractivity contribution < 1.29 is 0 Å². The van der Waals surface area contributed by atoms with E-state index >= 15 is 0 Å². The number of hydrogen-bond acceptors (Lipinski definition) is 2. The van der Waals surface area contributed by atoms with Gasteiger partial charge in [-0.25, -0.2) is 0 Å². The van der Waals surface area contributed by atoms with Crippen molar-refractivity contribution in [3.8, 4) is 0 Å². The van der Waals surface area contributed by atoms with Crippen molar-refractivity contribution >= 4 is 11.6 Å². The minimum Gasteiger partial charge on any atom is -0.372 e. The van der Waals surface area contributed by atoms with Crippen LogP contribution in [0.25, 0.3) is 0 Å². The Balaban J connectivity index is 1.29. The lowest BCUT2D eigenvalue weighted by Crippen LogP contribution is -2.50. The maximum absolute atomic E-state index is 6.25. The van der Waals surface area contributed by atoms with Crippen molar-refractivity contribution in [3.05, 3.63) is 22.9 Å². The van der Waals surface area contributed by atoms with Gasteiger partial charge < -0.3 is 4.90 Å². The van der Waals surface area contributed by atoms with Crippen LogP contribution in [0.4, 0.5) is 0 Å². The highest BCUT2D eigenvalue weighted by molar-refractivity contribution is 6.20. The molecule has 0 atom stereocenters. The van der Waals surface area contributed by atoms with E-state index in [1.165, 1.54) is 84.0 Å². The molecule has 0 N–H and O–H groups in total. The van der Waals surface area contributed by atoms with Gasteiger partial charge in [0, 0.05) is 49.7 Å². The molecular formula is C19H29ClN2. The smallest absolute Gasteiger partial charge is 0.0337 e. The average molecular weight is 321 g/mol. The van der Waals surface area contributed by atoms with Crippen molar-refractivity contribution in [3.63, 3.8) is 0 Å². The highest BCUT2D eigenvalue weighted by atomic mass is 35.5. The molecule has 1 aliphatic heterocycles. The normalized spacial score (nSPS) is 33.9. The fraction of sp³-hybridized carbons (Fsp3) is 0.789. The molecule has 4 rings (SSSR count). The van der Waals surface area contributed by atoms with Crippen LogP contribution in [-0.4, -0.2) is 47.4 Å². The van der Waals surface area contributed by atoms with Crippen LogP contribution in [0.2, 0.25) is 0 Å². The van der Waals surface area contributed by atoms with Gasteiger partial charge in [0.2, 0.25) is 0 Å². The van der Waals surface area contributed by atoms with Gasteiger partial charge in [-0.2, -0.15) is 0 Å². The average Bonchev–Trinajstić information content (AvgIpc) is 3.00. The van der Waals surface area contributed by atoms with Crippen molar-refractivity contribution in [2.75, 3.05) is 26.2 Å². The number of allylic oxidation sites excluding steroid dienone is 3. The summed E-state index contributed by atoms with van der Waals surface area (Å²) in [6, 6.07) is 0.807. The van der Waals surface area contributed by atoms with Crippen molar-refractivity contribution in [1.82, 2.24) is 9.80 Å². The molecule has 0 aromatic carbocycles. The Labute approximate surface area is 140 Å². The van der Waals surface area contributed by atoms with E-state index in [1.807, 2.05) is 0 Å². The number of halogens is 1. The third-order valence-corrected chi connectivity index (χ3v) is 6.66. The van der Waals surface area contributed by atoms with Crippen LogP contribution in [-0.2, 0) is 0 Å². The molecule has 0 amide bonds. The summed E-state index contributed by atoms with van der Waals surface area (Å²) in [5.41, 5.74) is 5.06. The SMILES string of the molecule is ClC1CCC(N2CCN(C3=CC4=C(CCCC4)C3)CC2)CC1. The van der Waals surface area contributed by atoms with E-state index in [-0.39, 0.29) is 0 Å². The van der Waals surface area contributed by atoms with Gasteiger partial charge >= 0.3 is 0 Å². The van der Waals surface area contributed by atoms with Crippen molar-refractivity contribution in [2.45, 2.75) is 69.2 Å². The summed E-state index contributed by atoms with van der Waals surface area (Å²) in [6.07, 6.45) is 14.4. The van der Waals surface area contributed by atoms with Crippen molar-refractivity contribution in [1.29, 1.82) is 0 Å². The van der Waals surface area contributed by atoms with Gasteiger partial charge in [0.05, 0.1) is 0 Å². The zero-order valence-electron chi connectivity index (χ0n) is 13.7. The minimum absolute atomic E-state index is 0.443. The highest BCUT2D eigenvalue weighted by Crippen LogP contribution is 2.37. The summed E-state index contributed by atoms with van der Waals surface area (Å²) in [5.74, 6) is 0. The first kappa shape index (κ1) is 15.1. The lowest BCUT2D eigenvalue weighted by Gasteiger charge is -2.42. The number of hydrogen-bond donors (Lipinski definition) is 0. The van der Waals surface area contributed by atoms with E-state index in [0.29, 0.717) is 5.38 Å². The second kappa shape index (κ2) is 6.57. The summed E-state index contributed by atoms with van der Waals surface area (Å²) < 4.78 is 0. The Kier molecular flexibility index (Phi) is 4.50. The van der Waals surface area contributed by atoms with Crippen LogP contribution in [0.5, 0.6) is 0 Å². The van der Waals surface area contributed by atoms with Crippen LogP contribution < -0.4 is 0 Å². The van der Waals surface area contributed by atoms with E-state index in [0.717, 1.165) is 6.04 Å². The molecule has 2 nitrogen and oxygen atoms in total. The first-order valence-corrected chi connectivity index (χ1v) is 9.78. The molecule has 0 aromatic rings. The van der Waals surface area contributed by atoms with Crippen LogP contribution in [0.15, 0.2) is 22.9 Å². The summed E-state index contributed by atoms with van der Waals surface area (Å²) in [4.78, 5) is 5.41. The third kappa shape index (κ3) is 3.10. The molecule has 122 valence electrons. The van der Waals surface area contributed by atoms with E-state index in [9.17, 15) is 0 Å². The molecule has 1 saturated heterocycles. The molecule has 0 spiro atoms. The van der Waals surface area contributed by atoms with Crippen LogP contribution in [0, 0.1) is 0 Å². The Morgan fingerprint density at radius 2 is 1.64 bits per heavy atom. The Morgan fingerprint density at radius 1 is 0.909 bits per heavy atom. The number of rotatable bonds is 2. The van der Waals surface area contributed by atoms with Crippen LogP contribution in [0.3, 0.4) is 0 Å². The summed E-state index contributed by atoms with van der Waals surface area (Å²) in [7, 11) is 0. The summed E-state index contributed by atoms with van der Waals surface area (Å²) in [5, 5.41) is 0.443. The predicted molar refractivity (Wildman–Crippen MR) is 93.2 cm³/mol. The van der Waals surface area contributed by atoms with Crippen molar-refractivity contribution in [2.24, 2.45) is 0 Å². The summed E-state index contributed by atoms with van der Waals surface area (Å²) >= 11 is 6.25. The lowest BCUT2D eigenvalue weighted by molar-refractivity contribution is 0.0941. The lowest BCUT2D eigenvalue weighted by atomic mass is 9.93. The van der Waals surface area contributed by atoms with Gasteiger partial charge in [0.25, 0.3) is 0 Å². The molecular weight excluding hydrogens is 292 g/mol. The topological polar surface area (TPSA) is 6.48 Å². The molecule has 0 radical (unpaired) electrons. The fourth-order valence-electron chi connectivity index (χ4n) is 4.82. The zero-order valence-corrected chi connectivity index (χ0v) is 14.5. The van der Waals surface area contributed by atoms with Crippen LogP contribution >= 0.6 is 11.6 Å². The Hall–Kier alpha value is -0.470. The maximum atomic E-state index is 6.25. The molecule has 22 heavy (non-hydrogen) atoms. The number of alkyl halides is 1. The number of nitrogens with zero attached hydrogens (tertiary/aromatic N) is 2. The quantitative estimate of drug-likeness (QED) is 0.699. The summed E-state index contributed by atoms with van der Waals surface area (Å²) in [6.45, 7) is 4.96. The molecule has 4 aliphatic rings. The van der Waals surface area contributed by atoms with Gasteiger partial charge in [-0.15, -0.1) is 11.6 Å². The minimum atomic E-state index is 0.443. The number of piperazine rings is 1. The third-order valence-electron chi connectivity index (χ3n) is 6.23. The van der Waals surface area contributed by atoms with Gasteiger partial charge in [0.1, 0.15) is 0 Å². The molecule has 2 fully saturated rings. The Morgan fingerprint density at radius 3 is 2.36 bits per heavy atom. The first-order chi connectivity index (χ1) is 10.8. The van der Waals surface area contributed by atoms with Gasteiger partial charge in [0.15, 0.2) is 0 Å². The largest absolute Gasteiger partial charge is 0.372 e. The zero-order chi connectivity index (χ0) is 14.9. The maximum Gasteiger partial charge on any atom is 0.0337 e. The molecule has 0 bridgehead atoms. The molecule has 0 aromatic heterocycles. The molecule has 1 saturated carbocycles. The molecule has 3 heteroatoms. The fourth-order valence-corrected chi connectivity index (χ4v) is 5.07. The van der Waals surface area contributed by atoms with E-state index in [2.05, 4.69) is 15.9 Å². The van der Waals surface area contributed by atoms with Gasteiger partial charge in [-0.05, 0) is 63.0 Å². The van der Waals surface area contributed by atoms with E-state index in [1.54, 1.807) is 16.8 Å². The molecule has 1 heterocycles. The van der Waals surface area contributed by atoms with E-state index < -0.39 is 0 Å². The van der Waals surface area contributed by atoms with E-state index in [4.69, 9.17) is 11.6 Å². The monoisotopic (exact) mass is 320 g/mol.